The highest BCUT2D eigenvalue weighted by molar-refractivity contribution is 5.69. The number of carboxylic acid groups (broad SMARTS) is 1. The molecule has 0 radical (unpaired) electrons. The van der Waals surface area contributed by atoms with Crippen LogP contribution in [-0.2, 0) is 4.79 Å². The van der Waals surface area contributed by atoms with Gasteiger partial charge in [0.05, 0.1) is 13.7 Å². The summed E-state index contributed by atoms with van der Waals surface area (Å²) in [5.41, 5.74) is 1.18. The molecule has 4 heteroatoms. The highest BCUT2D eigenvalue weighted by atomic mass is 16.5. The molecule has 1 fully saturated rings. The Balaban J connectivity index is 2.17. The molecule has 1 atom stereocenters. The fourth-order valence-corrected chi connectivity index (χ4v) is 2.73. The summed E-state index contributed by atoms with van der Waals surface area (Å²) in [6.07, 6.45) is 4.45. The van der Waals surface area contributed by atoms with E-state index in [-0.39, 0.29) is 12.6 Å². The van der Waals surface area contributed by atoms with Gasteiger partial charge in [-0.3, -0.25) is 9.69 Å². The first-order chi connectivity index (χ1) is 9.20. The van der Waals surface area contributed by atoms with Gasteiger partial charge in [-0.25, -0.2) is 0 Å². The van der Waals surface area contributed by atoms with Crippen LogP contribution in [0.5, 0.6) is 5.75 Å². The van der Waals surface area contributed by atoms with Gasteiger partial charge in [-0.1, -0.05) is 25.0 Å². The van der Waals surface area contributed by atoms with Gasteiger partial charge in [0.25, 0.3) is 0 Å². The molecule has 1 aliphatic heterocycles. The average molecular weight is 263 g/mol. The van der Waals surface area contributed by atoms with Crippen molar-refractivity contribution >= 4 is 5.97 Å². The molecule has 1 aliphatic rings. The van der Waals surface area contributed by atoms with Gasteiger partial charge in [-0.05, 0) is 37.1 Å². The van der Waals surface area contributed by atoms with Crippen LogP contribution in [0.3, 0.4) is 0 Å². The van der Waals surface area contributed by atoms with Gasteiger partial charge in [0.15, 0.2) is 0 Å². The molecule has 19 heavy (non-hydrogen) atoms. The zero-order chi connectivity index (χ0) is 13.7. The van der Waals surface area contributed by atoms with Crippen LogP contribution in [-0.4, -0.2) is 36.2 Å². The lowest BCUT2D eigenvalue weighted by Gasteiger charge is -2.28. The Bertz CT molecular complexity index is 416. The topological polar surface area (TPSA) is 49.8 Å². The minimum atomic E-state index is -0.750. The molecule has 0 spiro atoms. The maximum Gasteiger partial charge on any atom is 0.317 e. The molecule has 104 valence electrons. The van der Waals surface area contributed by atoms with Crippen LogP contribution >= 0.6 is 0 Å². The van der Waals surface area contributed by atoms with E-state index < -0.39 is 5.97 Å². The van der Waals surface area contributed by atoms with Gasteiger partial charge in [0, 0.05) is 6.04 Å². The van der Waals surface area contributed by atoms with Crippen LogP contribution in [0.15, 0.2) is 24.3 Å². The number of aliphatic carboxylic acids is 1. The lowest BCUT2D eigenvalue weighted by molar-refractivity contribution is -0.138. The van der Waals surface area contributed by atoms with E-state index in [1.165, 1.54) is 12.0 Å². The molecule has 0 unspecified atom stereocenters. The number of rotatable bonds is 4. The number of hydrogen-bond acceptors (Lipinski definition) is 3. The maximum atomic E-state index is 11.0. The van der Waals surface area contributed by atoms with Crippen LogP contribution < -0.4 is 4.74 Å². The van der Waals surface area contributed by atoms with Crippen LogP contribution in [0.25, 0.3) is 0 Å². The lowest BCUT2D eigenvalue weighted by Crippen LogP contribution is -2.33. The third-order valence-electron chi connectivity index (χ3n) is 3.70. The Morgan fingerprint density at radius 2 is 2.05 bits per heavy atom. The molecule has 2 rings (SSSR count). The molecule has 1 aromatic carbocycles. The van der Waals surface area contributed by atoms with Crippen LogP contribution in [0.1, 0.15) is 37.3 Å². The zero-order valence-corrected chi connectivity index (χ0v) is 11.3. The highest BCUT2D eigenvalue weighted by Crippen LogP contribution is 2.30. The quantitative estimate of drug-likeness (QED) is 0.907. The normalized spacial score (nSPS) is 20.8. The van der Waals surface area contributed by atoms with E-state index in [4.69, 9.17) is 9.84 Å². The summed E-state index contributed by atoms with van der Waals surface area (Å²) in [7, 11) is 1.65. The van der Waals surface area contributed by atoms with Crippen molar-refractivity contribution in [3.05, 3.63) is 29.8 Å². The second-order valence-electron chi connectivity index (χ2n) is 5.00. The molecular weight excluding hydrogens is 242 g/mol. The first-order valence-corrected chi connectivity index (χ1v) is 6.80. The monoisotopic (exact) mass is 263 g/mol. The molecular formula is C15H21NO3. The number of hydrogen-bond donors (Lipinski definition) is 1. The summed E-state index contributed by atoms with van der Waals surface area (Å²) in [5, 5.41) is 9.04. The highest BCUT2D eigenvalue weighted by Gasteiger charge is 2.24. The predicted molar refractivity (Wildman–Crippen MR) is 73.4 cm³/mol. The first kappa shape index (κ1) is 13.9. The molecule has 0 amide bonds. The third-order valence-corrected chi connectivity index (χ3v) is 3.70. The Labute approximate surface area is 114 Å². The Hall–Kier alpha value is -1.55. The van der Waals surface area contributed by atoms with Crippen molar-refractivity contribution in [2.24, 2.45) is 0 Å². The predicted octanol–water partition coefficient (Wildman–Crippen LogP) is 2.70. The molecule has 0 saturated carbocycles. The Morgan fingerprint density at radius 3 is 2.68 bits per heavy atom. The van der Waals surface area contributed by atoms with E-state index in [0.717, 1.165) is 31.6 Å². The van der Waals surface area contributed by atoms with E-state index in [2.05, 4.69) is 4.90 Å². The SMILES string of the molecule is COc1ccc([C@H]2CCCCCN2CC(=O)O)cc1. The second kappa shape index (κ2) is 6.57. The van der Waals surface area contributed by atoms with Gasteiger partial charge in [0.2, 0.25) is 0 Å². The molecule has 0 aromatic heterocycles. The van der Waals surface area contributed by atoms with Crippen LogP contribution in [0.4, 0.5) is 0 Å². The molecule has 1 N–H and O–H groups in total. The van der Waals surface area contributed by atoms with Crippen molar-refractivity contribution in [1.82, 2.24) is 4.90 Å². The van der Waals surface area contributed by atoms with Crippen molar-refractivity contribution in [3.63, 3.8) is 0 Å². The van der Waals surface area contributed by atoms with Crippen molar-refractivity contribution in [1.29, 1.82) is 0 Å². The van der Waals surface area contributed by atoms with E-state index in [9.17, 15) is 4.79 Å². The molecule has 1 saturated heterocycles. The van der Waals surface area contributed by atoms with Crippen molar-refractivity contribution in [2.75, 3.05) is 20.2 Å². The fraction of sp³-hybridized carbons (Fsp3) is 0.533. The second-order valence-corrected chi connectivity index (χ2v) is 5.00. The maximum absolute atomic E-state index is 11.0. The summed E-state index contributed by atoms with van der Waals surface area (Å²) < 4.78 is 5.16. The number of methoxy groups -OCH3 is 1. The molecule has 1 heterocycles. The smallest absolute Gasteiger partial charge is 0.317 e. The van der Waals surface area contributed by atoms with Gasteiger partial charge in [0.1, 0.15) is 5.75 Å². The van der Waals surface area contributed by atoms with Gasteiger partial charge in [-0.15, -0.1) is 0 Å². The summed E-state index contributed by atoms with van der Waals surface area (Å²) in [5.74, 6) is 0.0857. The summed E-state index contributed by atoms with van der Waals surface area (Å²) in [6.45, 7) is 0.986. The number of nitrogens with zero attached hydrogens (tertiary/aromatic N) is 1. The first-order valence-electron chi connectivity index (χ1n) is 6.80. The Kier molecular flexibility index (Phi) is 4.80. The number of carbonyl (C=O) groups is 1. The van der Waals surface area contributed by atoms with E-state index in [1.807, 2.05) is 24.3 Å². The fourth-order valence-electron chi connectivity index (χ4n) is 2.73. The molecule has 4 nitrogen and oxygen atoms in total. The van der Waals surface area contributed by atoms with Crippen molar-refractivity contribution in [2.45, 2.75) is 31.7 Å². The molecule has 0 aliphatic carbocycles. The van der Waals surface area contributed by atoms with E-state index in [1.54, 1.807) is 7.11 Å². The van der Waals surface area contributed by atoms with Crippen molar-refractivity contribution in [3.8, 4) is 5.75 Å². The van der Waals surface area contributed by atoms with Gasteiger partial charge < -0.3 is 9.84 Å². The number of likely N-dealkylation sites (tertiary alicyclic amines) is 1. The van der Waals surface area contributed by atoms with Crippen molar-refractivity contribution < 1.29 is 14.6 Å². The largest absolute Gasteiger partial charge is 0.497 e. The third kappa shape index (κ3) is 3.70. The zero-order valence-electron chi connectivity index (χ0n) is 11.3. The summed E-state index contributed by atoms with van der Waals surface area (Å²) in [4.78, 5) is 13.1. The van der Waals surface area contributed by atoms with Crippen LogP contribution in [0, 0.1) is 0 Å². The molecule has 0 bridgehead atoms. The van der Waals surface area contributed by atoms with E-state index in [0.29, 0.717) is 0 Å². The molecule has 1 aromatic rings. The summed E-state index contributed by atoms with van der Waals surface area (Å²) in [6, 6.07) is 8.19. The van der Waals surface area contributed by atoms with Crippen LogP contribution in [0.2, 0.25) is 0 Å². The number of carboxylic acids is 1. The number of ether oxygens (including phenoxy) is 1. The lowest BCUT2D eigenvalue weighted by atomic mass is 10.0. The van der Waals surface area contributed by atoms with E-state index >= 15 is 0 Å². The minimum Gasteiger partial charge on any atom is -0.497 e. The van der Waals surface area contributed by atoms with Gasteiger partial charge in [-0.2, -0.15) is 0 Å². The van der Waals surface area contributed by atoms with Gasteiger partial charge >= 0.3 is 5.97 Å². The minimum absolute atomic E-state index is 0.122. The standard InChI is InChI=1S/C15H21NO3/c1-19-13-8-6-12(7-9-13)14-5-3-2-4-10-16(14)11-15(17)18/h6-9,14H,2-5,10-11H2,1H3,(H,17,18)/t14-/m1/s1. The number of benzene rings is 1. The summed E-state index contributed by atoms with van der Waals surface area (Å²) >= 11 is 0. The average Bonchev–Trinajstić information content (AvgIpc) is 2.64. The Morgan fingerprint density at radius 1 is 1.32 bits per heavy atom.